The summed E-state index contributed by atoms with van der Waals surface area (Å²) in [6.45, 7) is 2.27. The van der Waals surface area contributed by atoms with Crippen molar-refractivity contribution in [2.24, 2.45) is 0 Å². The Morgan fingerprint density at radius 3 is 2.19 bits per heavy atom. The number of unbranched alkanes of at least 4 members (excludes halogenated alkanes) is 3. The molecule has 132 valence electrons. The highest BCUT2D eigenvalue weighted by Gasteiger charge is 2.19. The van der Waals surface area contributed by atoms with E-state index in [9.17, 15) is 0 Å². The average Bonchev–Trinajstić information content (AvgIpc) is 3.02. The highest BCUT2D eigenvalue weighted by Crippen LogP contribution is 2.39. The Morgan fingerprint density at radius 1 is 0.731 bits per heavy atom. The molecule has 1 heteroatoms. The standard InChI is InChI=1S/C25H25Cl/c1-2-3-4-5-6-18-7-13-24-21(15-18)17-22-16-20(10-14-25(22)24)19-8-11-23(26)12-9-19/h7-16H,2-6,17H2,1H3. The summed E-state index contributed by atoms with van der Waals surface area (Å²) in [4.78, 5) is 0. The van der Waals surface area contributed by atoms with E-state index >= 15 is 0 Å². The van der Waals surface area contributed by atoms with Gasteiger partial charge in [0, 0.05) is 5.02 Å². The van der Waals surface area contributed by atoms with E-state index < -0.39 is 0 Å². The van der Waals surface area contributed by atoms with Crippen molar-refractivity contribution in [2.45, 2.75) is 45.4 Å². The fourth-order valence-electron chi connectivity index (χ4n) is 4.00. The van der Waals surface area contributed by atoms with Crippen LogP contribution in [0, 0.1) is 0 Å². The number of hydrogen-bond donors (Lipinski definition) is 0. The fraction of sp³-hybridized carbons (Fsp3) is 0.280. The Labute approximate surface area is 161 Å². The predicted molar refractivity (Wildman–Crippen MR) is 113 cm³/mol. The summed E-state index contributed by atoms with van der Waals surface area (Å²) < 4.78 is 0. The molecule has 3 aromatic rings. The van der Waals surface area contributed by atoms with Crippen LogP contribution >= 0.6 is 11.6 Å². The minimum Gasteiger partial charge on any atom is -0.0843 e. The van der Waals surface area contributed by atoms with Crippen molar-refractivity contribution in [3.8, 4) is 22.3 Å². The molecule has 0 spiro atoms. The molecule has 0 unspecified atom stereocenters. The molecule has 0 atom stereocenters. The second-order valence-electron chi connectivity index (χ2n) is 7.36. The molecule has 0 amide bonds. The zero-order valence-corrected chi connectivity index (χ0v) is 16.2. The van der Waals surface area contributed by atoms with Gasteiger partial charge in [0.05, 0.1) is 0 Å². The van der Waals surface area contributed by atoms with Crippen molar-refractivity contribution < 1.29 is 0 Å². The Kier molecular flexibility index (Phi) is 5.13. The first kappa shape index (κ1) is 17.4. The lowest BCUT2D eigenvalue weighted by atomic mass is 9.98. The van der Waals surface area contributed by atoms with Gasteiger partial charge in [-0.1, -0.05) is 86.3 Å². The number of aryl methyl sites for hydroxylation is 1. The molecule has 1 aliphatic rings. The van der Waals surface area contributed by atoms with Gasteiger partial charge in [0.25, 0.3) is 0 Å². The van der Waals surface area contributed by atoms with E-state index in [4.69, 9.17) is 11.6 Å². The van der Waals surface area contributed by atoms with Gasteiger partial charge in [-0.15, -0.1) is 0 Å². The summed E-state index contributed by atoms with van der Waals surface area (Å²) in [7, 11) is 0. The molecule has 0 aliphatic heterocycles. The monoisotopic (exact) mass is 360 g/mol. The van der Waals surface area contributed by atoms with Crippen LogP contribution in [0.1, 0.15) is 49.3 Å². The van der Waals surface area contributed by atoms with Crippen molar-refractivity contribution in [2.75, 3.05) is 0 Å². The third-order valence-electron chi connectivity index (χ3n) is 5.44. The van der Waals surface area contributed by atoms with Crippen LogP contribution < -0.4 is 0 Å². The summed E-state index contributed by atoms with van der Waals surface area (Å²) >= 11 is 6.02. The highest BCUT2D eigenvalue weighted by molar-refractivity contribution is 6.30. The normalized spacial score (nSPS) is 12.1. The minimum atomic E-state index is 0.786. The Hall–Kier alpha value is -2.05. The van der Waals surface area contributed by atoms with Crippen LogP contribution in [0.25, 0.3) is 22.3 Å². The number of hydrogen-bond acceptors (Lipinski definition) is 0. The van der Waals surface area contributed by atoms with E-state index in [0.717, 1.165) is 11.4 Å². The topological polar surface area (TPSA) is 0 Å². The summed E-state index contributed by atoms with van der Waals surface area (Å²) in [6.07, 6.45) is 7.56. The maximum absolute atomic E-state index is 6.02. The smallest absolute Gasteiger partial charge is 0.0406 e. The molecule has 0 fully saturated rings. The molecule has 0 aromatic heterocycles. The van der Waals surface area contributed by atoms with Crippen LogP contribution in [0.4, 0.5) is 0 Å². The van der Waals surface area contributed by atoms with Gasteiger partial charge in [0.2, 0.25) is 0 Å². The molecule has 0 N–H and O–H groups in total. The Bertz CT molecular complexity index is 906. The molecular formula is C25H25Cl. The summed E-state index contributed by atoms with van der Waals surface area (Å²) in [5.74, 6) is 0. The SMILES string of the molecule is CCCCCCc1ccc2c(c1)Cc1cc(-c3ccc(Cl)cc3)ccc1-2. The van der Waals surface area contributed by atoms with Crippen molar-refractivity contribution in [1.29, 1.82) is 0 Å². The minimum absolute atomic E-state index is 0.786. The molecular weight excluding hydrogens is 336 g/mol. The first-order valence-corrected chi connectivity index (χ1v) is 10.1. The molecule has 0 saturated heterocycles. The van der Waals surface area contributed by atoms with Crippen LogP contribution in [0.15, 0.2) is 60.7 Å². The lowest BCUT2D eigenvalue weighted by Crippen LogP contribution is -1.89. The van der Waals surface area contributed by atoms with Gasteiger partial charge >= 0.3 is 0 Å². The van der Waals surface area contributed by atoms with Crippen LogP contribution in [-0.4, -0.2) is 0 Å². The van der Waals surface area contributed by atoms with Crippen molar-refractivity contribution in [3.63, 3.8) is 0 Å². The number of fused-ring (bicyclic) bond motifs is 3. The number of rotatable bonds is 6. The largest absolute Gasteiger partial charge is 0.0843 e. The maximum Gasteiger partial charge on any atom is 0.0406 e. The van der Waals surface area contributed by atoms with E-state index in [1.807, 2.05) is 12.1 Å². The summed E-state index contributed by atoms with van der Waals surface area (Å²) in [6, 6.07) is 22.1. The second kappa shape index (κ2) is 7.68. The first-order chi connectivity index (χ1) is 12.7. The number of benzene rings is 3. The van der Waals surface area contributed by atoms with Gasteiger partial charge in [0.1, 0.15) is 0 Å². The van der Waals surface area contributed by atoms with Crippen LogP contribution in [0.2, 0.25) is 5.02 Å². The third-order valence-corrected chi connectivity index (χ3v) is 5.69. The van der Waals surface area contributed by atoms with Gasteiger partial charge in [-0.25, -0.2) is 0 Å². The average molecular weight is 361 g/mol. The lowest BCUT2D eigenvalue weighted by molar-refractivity contribution is 0.667. The molecule has 1 aliphatic carbocycles. The Morgan fingerprint density at radius 2 is 1.42 bits per heavy atom. The Balaban J connectivity index is 1.55. The molecule has 0 heterocycles. The van der Waals surface area contributed by atoms with E-state index in [0.29, 0.717) is 0 Å². The van der Waals surface area contributed by atoms with Crippen LogP contribution in [0.5, 0.6) is 0 Å². The molecule has 0 bridgehead atoms. The summed E-state index contributed by atoms with van der Waals surface area (Å²) in [5.41, 5.74) is 9.73. The highest BCUT2D eigenvalue weighted by atomic mass is 35.5. The van der Waals surface area contributed by atoms with E-state index in [1.54, 1.807) is 0 Å². The maximum atomic E-state index is 6.02. The lowest BCUT2D eigenvalue weighted by Gasteiger charge is -2.07. The molecule has 0 saturated carbocycles. The van der Waals surface area contributed by atoms with E-state index in [2.05, 4.69) is 55.5 Å². The number of halogens is 1. The second-order valence-corrected chi connectivity index (χ2v) is 7.79. The quantitative estimate of drug-likeness (QED) is 0.309. The first-order valence-electron chi connectivity index (χ1n) is 9.75. The zero-order chi connectivity index (χ0) is 17.9. The molecule has 3 aromatic carbocycles. The predicted octanol–water partition coefficient (Wildman–Crippen LogP) is 7.70. The zero-order valence-electron chi connectivity index (χ0n) is 15.4. The van der Waals surface area contributed by atoms with E-state index in [1.165, 1.54) is 71.0 Å². The molecule has 26 heavy (non-hydrogen) atoms. The summed E-state index contributed by atoms with van der Waals surface area (Å²) in [5, 5.41) is 0.786. The van der Waals surface area contributed by atoms with Crippen molar-refractivity contribution in [3.05, 3.63) is 82.4 Å². The van der Waals surface area contributed by atoms with Crippen molar-refractivity contribution in [1.82, 2.24) is 0 Å². The van der Waals surface area contributed by atoms with Gasteiger partial charge in [0.15, 0.2) is 0 Å². The molecule has 0 radical (unpaired) electrons. The van der Waals surface area contributed by atoms with Gasteiger partial charge in [-0.3, -0.25) is 0 Å². The third kappa shape index (κ3) is 3.57. The molecule has 0 nitrogen and oxygen atoms in total. The fourth-order valence-corrected chi connectivity index (χ4v) is 4.12. The molecule has 4 rings (SSSR count). The van der Waals surface area contributed by atoms with Gasteiger partial charge in [-0.2, -0.15) is 0 Å². The van der Waals surface area contributed by atoms with Crippen LogP contribution in [0.3, 0.4) is 0 Å². The van der Waals surface area contributed by atoms with Gasteiger partial charge < -0.3 is 0 Å². The van der Waals surface area contributed by atoms with Crippen LogP contribution in [-0.2, 0) is 12.8 Å². The van der Waals surface area contributed by atoms with Crippen molar-refractivity contribution >= 4 is 11.6 Å². The van der Waals surface area contributed by atoms with Gasteiger partial charge in [-0.05, 0) is 70.3 Å². The van der Waals surface area contributed by atoms with E-state index in [-0.39, 0.29) is 0 Å².